The summed E-state index contributed by atoms with van der Waals surface area (Å²) in [5.74, 6) is 0.756. The number of aromatic nitrogens is 4. The quantitative estimate of drug-likeness (QED) is 0.669. The van der Waals surface area contributed by atoms with Crippen molar-refractivity contribution in [1.82, 2.24) is 24.8 Å². The van der Waals surface area contributed by atoms with Crippen molar-refractivity contribution in [3.05, 3.63) is 38.6 Å². The minimum atomic E-state index is 0.631. The zero-order chi connectivity index (χ0) is 17.3. The third-order valence-electron chi connectivity index (χ3n) is 3.93. The molecule has 0 unspecified atom stereocenters. The van der Waals surface area contributed by atoms with Crippen LogP contribution < -0.4 is 0 Å². The average Bonchev–Trinajstić information content (AvgIpc) is 3.21. The second kappa shape index (κ2) is 7.04. The maximum atomic E-state index is 6.45. The van der Waals surface area contributed by atoms with Gasteiger partial charge >= 0.3 is 0 Å². The predicted molar refractivity (Wildman–Crippen MR) is 95.3 cm³/mol. The standard InChI is InChI=1S/C16H20ClN5OS/c1-10-7-13(20-23-10)15-12(16(17)22(4)19-15)8-21(3)6-5-14-11(2)18-9-24-14/h7,9H,5-6,8H2,1-4H3. The predicted octanol–water partition coefficient (Wildman–Crippen LogP) is 3.48. The third-order valence-corrected chi connectivity index (χ3v) is 5.40. The largest absolute Gasteiger partial charge is 0.361 e. The van der Waals surface area contributed by atoms with E-state index in [0.717, 1.165) is 41.4 Å². The van der Waals surface area contributed by atoms with Crippen molar-refractivity contribution in [2.75, 3.05) is 13.6 Å². The SMILES string of the molecule is Cc1cc(-c2nn(C)c(Cl)c2CN(C)CCc2scnc2C)no1. The van der Waals surface area contributed by atoms with Gasteiger partial charge in [0.15, 0.2) is 0 Å². The molecule has 0 amide bonds. The zero-order valence-electron chi connectivity index (χ0n) is 14.2. The molecule has 0 atom stereocenters. The fourth-order valence-electron chi connectivity index (χ4n) is 2.58. The number of nitrogens with zero attached hydrogens (tertiary/aromatic N) is 5. The molecule has 0 spiro atoms. The third kappa shape index (κ3) is 3.53. The van der Waals surface area contributed by atoms with E-state index in [4.69, 9.17) is 16.1 Å². The first-order valence-electron chi connectivity index (χ1n) is 7.68. The molecule has 24 heavy (non-hydrogen) atoms. The van der Waals surface area contributed by atoms with Crippen molar-refractivity contribution >= 4 is 22.9 Å². The van der Waals surface area contributed by atoms with Crippen molar-refractivity contribution in [3.63, 3.8) is 0 Å². The first kappa shape index (κ1) is 17.1. The Balaban J connectivity index is 1.75. The highest BCUT2D eigenvalue weighted by Crippen LogP contribution is 2.29. The van der Waals surface area contributed by atoms with Crippen molar-refractivity contribution in [3.8, 4) is 11.4 Å². The Morgan fingerprint density at radius 1 is 1.38 bits per heavy atom. The number of hydrogen-bond acceptors (Lipinski definition) is 6. The van der Waals surface area contributed by atoms with Gasteiger partial charge in [-0.15, -0.1) is 11.3 Å². The number of thiazole rings is 1. The number of aryl methyl sites for hydroxylation is 3. The number of hydrogen-bond donors (Lipinski definition) is 0. The van der Waals surface area contributed by atoms with Crippen LogP contribution in [-0.4, -0.2) is 38.4 Å². The molecule has 0 saturated heterocycles. The van der Waals surface area contributed by atoms with Crippen LogP contribution in [0.3, 0.4) is 0 Å². The molecule has 3 aromatic heterocycles. The minimum Gasteiger partial charge on any atom is -0.361 e. The zero-order valence-corrected chi connectivity index (χ0v) is 15.8. The lowest BCUT2D eigenvalue weighted by molar-refractivity contribution is 0.332. The van der Waals surface area contributed by atoms with Gasteiger partial charge in [-0.3, -0.25) is 4.68 Å². The molecule has 0 aliphatic heterocycles. The summed E-state index contributed by atoms with van der Waals surface area (Å²) in [6.45, 7) is 5.54. The molecule has 0 aliphatic rings. The summed E-state index contributed by atoms with van der Waals surface area (Å²) < 4.78 is 6.85. The second-order valence-corrected chi connectivity index (χ2v) is 7.21. The molecule has 0 saturated carbocycles. The van der Waals surface area contributed by atoms with Gasteiger partial charge in [0.1, 0.15) is 22.3 Å². The van der Waals surface area contributed by atoms with Crippen molar-refractivity contribution in [2.45, 2.75) is 26.8 Å². The molecular weight excluding hydrogens is 346 g/mol. The smallest absolute Gasteiger partial charge is 0.134 e. The molecule has 3 aromatic rings. The van der Waals surface area contributed by atoms with E-state index in [-0.39, 0.29) is 0 Å². The van der Waals surface area contributed by atoms with Crippen LogP contribution >= 0.6 is 22.9 Å². The van der Waals surface area contributed by atoms with Crippen molar-refractivity contribution in [2.24, 2.45) is 7.05 Å². The van der Waals surface area contributed by atoms with Gasteiger partial charge in [-0.1, -0.05) is 16.8 Å². The lowest BCUT2D eigenvalue weighted by atomic mass is 10.1. The summed E-state index contributed by atoms with van der Waals surface area (Å²) in [6, 6.07) is 1.88. The van der Waals surface area contributed by atoms with E-state index >= 15 is 0 Å². The Morgan fingerprint density at radius 2 is 2.17 bits per heavy atom. The lowest BCUT2D eigenvalue weighted by Gasteiger charge is -2.16. The molecule has 3 heterocycles. The number of halogens is 1. The van der Waals surface area contributed by atoms with Gasteiger partial charge in [-0.25, -0.2) is 4.98 Å². The van der Waals surface area contributed by atoms with Crippen molar-refractivity contribution < 1.29 is 4.52 Å². The summed E-state index contributed by atoms with van der Waals surface area (Å²) >= 11 is 8.15. The normalized spacial score (nSPS) is 11.6. The van der Waals surface area contributed by atoms with Gasteiger partial charge in [0, 0.05) is 36.6 Å². The first-order valence-corrected chi connectivity index (χ1v) is 8.94. The summed E-state index contributed by atoms with van der Waals surface area (Å²) in [4.78, 5) is 7.86. The van der Waals surface area contributed by atoms with Gasteiger partial charge in [0.2, 0.25) is 0 Å². The van der Waals surface area contributed by atoms with E-state index in [1.807, 2.05) is 25.5 Å². The monoisotopic (exact) mass is 365 g/mol. The number of likely N-dealkylation sites (N-methyl/N-ethyl adjacent to an activating group) is 1. The highest BCUT2D eigenvalue weighted by molar-refractivity contribution is 7.09. The van der Waals surface area contributed by atoms with E-state index in [1.165, 1.54) is 4.88 Å². The molecule has 0 aromatic carbocycles. The topological polar surface area (TPSA) is 60.0 Å². The second-order valence-electron chi connectivity index (χ2n) is 5.91. The minimum absolute atomic E-state index is 0.631. The average molecular weight is 366 g/mol. The van der Waals surface area contributed by atoms with E-state index < -0.39 is 0 Å². The van der Waals surface area contributed by atoms with E-state index in [0.29, 0.717) is 11.7 Å². The van der Waals surface area contributed by atoms with Crippen LogP contribution in [-0.2, 0) is 20.0 Å². The van der Waals surface area contributed by atoms with Gasteiger partial charge in [-0.05, 0) is 27.3 Å². The van der Waals surface area contributed by atoms with E-state index in [1.54, 1.807) is 16.0 Å². The number of rotatable bonds is 6. The van der Waals surface area contributed by atoms with Crippen LogP contribution in [0.2, 0.25) is 5.15 Å². The molecule has 0 fully saturated rings. The molecule has 0 N–H and O–H groups in total. The lowest BCUT2D eigenvalue weighted by Crippen LogP contribution is -2.21. The first-order chi connectivity index (χ1) is 11.5. The Kier molecular flexibility index (Phi) is 5.03. The van der Waals surface area contributed by atoms with E-state index in [2.05, 4.69) is 34.1 Å². The maximum Gasteiger partial charge on any atom is 0.134 e. The molecule has 0 aliphatic carbocycles. The summed E-state index contributed by atoms with van der Waals surface area (Å²) in [6.07, 6.45) is 0.975. The summed E-state index contributed by atoms with van der Waals surface area (Å²) in [5.41, 5.74) is 5.48. The van der Waals surface area contributed by atoms with Gasteiger partial charge in [0.05, 0.1) is 11.2 Å². The molecule has 8 heteroatoms. The van der Waals surface area contributed by atoms with Gasteiger partial charge in [0.25, 0.3) is 0 Å². The fraction of sp³-hybridized carbons (Fsp3) is 0.438. The molecule has 3 rings (SSSR count). The van der Waals surface area contributed by atoms with Crippen LogP contribution in [0.15, 0.2) is 16.1 Å². The van der Waals surface area contributed by atoms with Crippen LogP contribution in [0.4, 0.5) is 0 Å². The Morgan fingerprint density at radius 3 is 2.79 bits per heavy atom. The summed E-state index contributed by atoms with van der Waals surface area (Å²) in [7, 11) is 3.92. The Hall–Kier alpha value is -1.70. The highest BCUT2D eigenvalue weighted by Gasteiger charge is 2.20. The highest BCUT2D eigenvalue weighted by atomic mass is 35.5. The van der Waals surface area contributed by atoms with E-state index in [9.17, 15) is 0 Å². The summed E-state index contributed by atoms with van der Waals surface area (Å²) in [5, 5.41) is 9.20. The van der Waals surface area contributed by atoms with Gasteiger partial charge in [-0.2, -0.15) is 5.10 Å². The van der Waals surface area contributed by atoms with Crippen LogP contribution in [0.1, 0.15) is 21.9 Å². The van der Waals surface area contributed by atoms with Crippen LogP contribution in [0.5, 0.6) is 0 Å². The van der Waals surface area contributed by atoms with Crippen LogP contribution in [0, 0.1) is 13.8 Å². The van der Waals surface area contributed by atoms with Crippen molar-refractivity contribution in [1.29, 1.82) is 0 Å². The maximum absolute atomic E-state index is 6.45. The molecular formula is C16H20ClN5OS. The van der Waals surface area contributed by atoms with Crippen LogP contribution in [0.25, 0.3) is 11.4 Å². The molecule has 0 bridgehead atoms. The molecule has 0 radical (unpaired) electrons. The molecule has 6 nitrogen and oxygen atoms in total. The van der Waals surface area contributed by atoms with Gasteiger partial charge < -0.3 is 9.42 Å². The fourth-order valence-corrected chi connectivity index (χ4v) is 3.54. The Bertz CT molecular complexity index is 838. The molecule has 128 valence electrons. The Labute approximate surface area is 150 Å².